The highest BCUT2D eigenvalue weighted by atomic mass is 32.2. The van der Waals surface area contributed by atoms with E-state index in [1.807, 2.05) is 0 Å². The molecule has 1 rings (SSSR count). The lowest BCUT2D eigenvalue weighted by Crippen LogP contribution is -2.15. The molecule has 1 aromatic rings. The second kappa shape index (κ2) is 4.94. The first-order valence-corrected chi connectivity index (χ1v) is 6.38. The van der Waals surface area contributed by atoms with Gasteiger partial charge in [-0.1, -0.05) is 36.9 Å². The van der Waals surface area contributed by atoms with Gasteiger partial charge in [0, 0.05) is 5.57 Å². The molecule has 1 N–H and O–H groups in total. The minimum Gasteiger partial charge on any atom is -0.478 e. The Morgan fingerprint density at radius 3 is 2.31 bits per heavy atom. The maximum absolute atomic E-state index is 11.6. The van der Waals surface area contributed by atoms with Crippen LogP contribution in [0.4, 0.5) is 0 Å². The van der Waals surface area contributed by atoms with Crippen molar-refractivity contribution in [3.8, 4) is 0 Å². The SMILES string of the molecule is C=C(CS(=O)(=O)Cc1ccccc1)C(=O)O. The van der Waals surface area contributed by atoms with Crippen molar-refractivity contribution in [2.75, 3.05) is 5.75 Å². The van der Waals surface area contributed by atoms with Gasteiger partial charge in [0.2, 0.25) is 0 Å². The minimum atomic E-state index is -3.46. The van der Waals surface area contributed by atoms with Crippen LogP contribution < -0.4 is 0 Å². The Morgan fingerprint density at radius 2 is 1.81 bits per heavy atom. The Hall–Kier alpha value is -1.62. The zero-order chi connectivity index (χ0) is 12.2. The third-order valence-corrected chi connectivity index (χ3v) is 3.49. The summed E-state index contributed by atoms with van der Waals surface area (Å²) in [5.41, 5.74) is 0.330. The molecule has 0 unspecified atom stereocenters. The van der Waals surface area contributed by atoms with Crippen LogP contribution in [0.2, 0.25) is 0 Å². The molecule has 0 fully saturated rings. The van der Waals surface area contributed by atoms with E-state index in [-0.39, 0.29) is 11.3 Å². The fourth-order valence-corrected chi connectivity index (χ4v) is 2.66. The molecule has 1 aromatic carbocycles. The van der Waals surface area contributed by atoms with Crippen molar-refractivity contribution in [3.05, 3.63) is 48.0 Å². The van der Waals surface area contributed by atoms with Gasteiger partial charge in [-0.15, -0.1) is 0 Å². The van der Waals surface area contributed by atoms with Gasteiger partial charge < -0.3 is 5.11 Å². The summed E-state index contributed by atoms with van der Waals surface area (Å²) in [7, 11) is -3.46. The van der Waals surface area contributed by atoms with E-state index in [9.17, 15) is 13.2 Å². The van der Waals surface area contributed by atoms with Crippen LogP contribution in [0.3, 0.4) is 0 Å². The van der Waals surface area contributed by atoms with E-state index in [1.165, 1.54) is 0 Å². The number of hydrogen-bond donors (Lipinski definition) is 1. The number of sulfone groups is 1. The summed E-state index contributed by atoms with van der Waals surface area (Å²) in [5.74, 6) is -1.96. The molecule has 0 amide bonds. The fraction of sp³-hybridized carbons (Fsp3) is 0.182. The Labute approximate surface area is 94.1 Å². The highest BCUT2D eigenvalue weighted by molar-refractivity contribution is 7.90. The number of aliphatic carboxylic acids is 1. The maximum atomic E-state index is 11.6. The Kier molecular flexibility index (Phi) is 3.84. The molecular weight excluding hydrogens is 228 g/mol. The zero-order valence-electron chi connectivity index (χ0n) is 8.59. The standard InChI is InChI=1S/C11H12O4S/c1-9(11(12)13)7-16(14,15)8-10-5-3-2-4-6-10/h2-6H,1,7-8H2,(H,12,13). The molecule has 0 aliphatic heterocycles. The van der Waals surface area contributed by atoms with Crippen molar-refractivity contribution in [3.63, 3.8) is 0 Å². The smallest absolute Gasteiger partial charge is 0.332 e. The van der Waals surface area contributed by atoms with E-state index in [0.717, 1.165) is 0 Å². The number of hydrogen-bond acceptors (Lipinski definition) is 3. The molecule has 0 atom stereocenters. The fourth-order valence-electron chi connectivity index (χ4n) is 1.21. The first-order valence-electron chi connectivity index (χ1n) is 4.56. The summed E-state index contributed by atoms with van der Waals surface area (Å²) in [6, 6.07) is 8.61. The van der Waals surface area contributed by atoms with Gasteiger partial charge in [-0.2, -0.15) is 0 Å². The first-order chi connectivity index (χ1) is 7.41. The molecule has 5 heteroatoms. The summed E-state index contributed by atoms with van der Waals surface area (Å²) >= 11 is 0. The average molecular weight is 240 g/mol. The summed E-state index contributed by atoms with van der Waals surface area (Å²) in [5, 5.41) is 8.55. The molecule has 4 nitrogen and oxygen atoms in total. The number of carboxylic acids is 1. The van der Waals surface area contributed by atoms with Crippen LogP contribution in [0.25, 0.3) is 0 Å². The lowest BCUT2D eigenvalue weighted by Gasteiger charge is -2.04. The molecule has 0 heterocycles. The van der Waals surface area contributed by atoms with Crippen molar-refractivity contribution >= 4 is 15.8 Å². The van der Waals surface area contributed by atoms with E-state index >= 15 is 0 Å². The van der Waals surface area contributed by atoms with E-state index < -0.39 is 21.6 Å². The predicted octanol–water partition coefficient (Wildman–Crippen LogP) is 1.24. The first kappa shape index (κ1) is 12.4. The molecule has 16 heavy (non-hydrogen) atoms. The summed E-state index contributed by atoms with van der Waals surface area (Å²) < 4.78 is 23.2. The Morgan fingerprint density at radius 1 is 1.25 bits per heavy atom. The van der Waals surface area contributed by atoms with Crippen molar-refractivity contribution in [1.82, 2.24) is 0 Å². The van der Waals surface area contributed by atoms with Crippen LogP contribution >= 0.6 is 0 Å². The topological polar surface area (TPSA) is 71.4 Å². The molecule has 86 valence electrons. The zero-order valence-corrected chi connectivity index (χ0v) is 9.40. The molecule has 0 aliphatic rings. The van der Waals surface area contributed by atoms with Crippen molar-refractivity contribution in [2.45, 2.75) is 5.75 Å². The van der Waals surface area contributed by atoms with Gasteiger partial charge in [0.15, 0.2) is 9.84 Å². The molecule has 0 bridgehead atoms. The van der Waals surface area contributed by atoms with Gasteiger partial charge >= 0.3 is 5.97 Å². The number of carbonyl (C=O) groups is 1. The normalized spacial score (nSPS) is 11.0. The molecule has 0 spiro atoms. The lowest BCUT2D eigenvalue weighted by atomic mass is 10.2. The minimum absolute atomic E-state index is 0.167. The van der Waals surface area contributed by atoms with Crippen LogP contribution in [-0.2, 0) is 20.4 Å². The lowest BCUT2D eigenvalue weighted by molar-refractivity contribution is -0.132. The number of rotatable bonds is 5. The molecule has 0 saturated heterocycles. The maximum Gasteiger partial charge on any atom is 0.332 e. The number of carboxylic acid groups (broad SMARTS) is 1. The highest BCUT2D eigenvalue weighted by Crippen LogP contribution is 2.08. The Balaban J connectivity index is 2.74. The van der Waals surface area contributed by atoms with Gasteiger partial charge in [0.05, 0.1) is 11.5 Å². The third kappa shape index (κ3) is 3.86. The molecular formula is C11H12O4S. The van der Waals surface area contributed by atoms with Crippen molar-refractivity contribution in [2.24, 2.45) is 0 Å². The average Bonchev–Trinajstić information content (AvgIpc) is 2.17. The summed E-state index contributed by atoms with van der Waals surface area (Å²) in [6.45, 7) is 3.20. The molecule has 0 saturated carbocycles. The second-order valence-corrected chi connectivity index (χ2v) is 5.49. The Bertz CT molecular complexity index is 488. The molecule has 0 radical (unpaired) electrons. The largest absolute Gasteiger partial charge is 0.478 e. The van der Waals surface area contributed by atoms with Crippen molar-refractivity contribution in [1.29, 1.82) is 0 Å². The van der Waals surface area contributed by atoms with E-state index in [4.69, 9.17) is 5.11 Å². The molecule has 0 aliphatic carbocycles. The second-order valence-electron chi connectivity index (χ2n) is 3.43. The quantitative estimate of drug-likeness (QED) is 0.786. The van der Waals surface area contributed by atoms with E-state index in [2.05, 4.69) is 6.58 Å². The third-order valence-electron chi connectivity index (χ3n) is 1.93. The predicted molar refractivity (Wildman–Crippen MR) is 60.7 cm³/mol. The number of benzene rings is 1. The van der Waals surface area contributed by atoms with Crippen LogP contribution in [0, 0.1) is 0 Å². The summed E-state index contributed by atoms with van der Waals surface area (Å²) in [6.07, 6.45) is 0. The van der Waals surface area contributed by atoms with Gasteiger partial charge in [-0.25, -0.2) is 13.2 Å². The monoisotopic (exact) mass is 240 g/mol. The van der Waals surface area contributed by atoms with Gasteiger partial charge in [0.25, 0.3) is 0 Å². The van der Waals surface area contributed by atoms with E-state index in [1.54, 1.807) is 30.3 Å². The van der Waals surface area contributed by atoms with Crippen LogP contribution in [-0.4, -0.2) is 25.2 Å². The van der Waals surface area contributed by atoms with Crippen molar-refractivity contribution < 1.29 is 18.3 Å². The van der Waals surface area contributed by atoms with Crippen LogP contribution in [0.5, 0.6) is 0 Å². The van der Waals surface area contributed by atoms with Gasteiger partial charge in [-0.05, 0) is 5.56 Å². The highest BCUT2D eigenvalue weighted by Gasteiger charge is 2.17. The molecule has 0 aromatic heterocycles. The van der Waals surface area contributed by atoms with Crippen LogP contribution in [0.1, 0.15) is 5.56 Å². The van der Waals surface area contributed by atoms with Gasteiger partial charge in [-0.3, -0.25) is 0 Å². The van der Waals surface area contributed by atoms with Crippen LogP contribution in [0.15, 0.2) is 42.5 Å². The summed E-state index contributed by atoms with van der Waals surface area (Å²) in [4.78, 5) is 10.5. The van der Waals surface area contributed by atoms with E-state index in [0.29, 0.717) is 5.56 Å². The van der Waals surface area contributed by atoms with Gasteiger partial charge in [0.1, 0.15) is 0 Å².